The molecule has 108 valence electrons. The maximum atomic E-state index is 11.9. The number of aryl methyl sites for hydroxylation is 1. The molecule has 0 aromatic carbocycles. The summed E-state index contributed by atoms with van der Waals surface area (Å²) in [5.41, 5.74) is 0. The molecule has 0 aliphatic rings. The molecule has 2 rings (SSSR count). The van der Waals surface area contributed by atoms with Crippen LogP contribution in [0.1, 0.15) is 11.8 Å². The van der Waals surface area contributed by atoms with Crippen LogP contribution in [0.3, 0.4) is 0 Å². The largest absolute Gasteiger partial charge is 0.480 e. The van der Waals surface area contributed by atoms with Gasteiger partial charge in [-0.1, -0.05) is 11.6 Å². The van der Waals surface area contributed by atoms with Crippen molar-refractivity contribution in [1.29, 1.82) is 0 Å². The predicted molar refractivity (Wildman–Crippen MR) is 79.2 cm³/mol. The topological polar surface area (TPSA) is 47.4 Å². The molecule has 0 N–H and O–H groups in total. The zero-order valence-corrected chi connectivity index (χ0v) is 12.9. The number of nitrogens with zero attached hydrogens (tertiary/aromatic N) is 3. The van der Waals surface area contributed by atoms with E-state index < -0.39 is 0 Å². The summed E-state index contributed by atoms with van der Waals surface area (Å²) in [6, 6.07) is 3.75. The van der Waals surface area contributed by atoms with Crippen LogP contribution >= 0.6 is 22.9 Å². The van der Waals surface area contributed by atoms with Crippen LogP contribution in [0.25, 0.3) is 0 Å². The van der Waals surface area contributed by atoms with Crippen LogP contribution in [0, 0.1) is 0 Å². The lowest BCUT2D eigenvalue weighted by molar-refractivity contribution is -0.132. The minimum Gasteiger partial charge on any atom is -0.480 e. The molecule has 2 heterocycles. The molecule has 0 atom stereocenters. The Hall–Kier alpha value is -1.53. The van der Waals surface area contributed by atoms with Gasteiger partial charge in [0.1, 0.15) is 0 Å². The van der Waals surface area contributed by atoms with Crippen LogP contribution in [0.4, 0.5) is 0 Å². The van der Waals surface area contributed by atoms with Gasteiger partial charge in [0.15, 0.2) is 12.4 Å². The second-order valence-electron chi connectivity index (χ2n) is 4.28. The summed E-state index contributed by atoms with van der Waals surface area (Å²) in [6.07, 6.45) is 3.38. The van der Waals surface area contributed by atoms with Gasteiger partial charge in [-0.25, -0.2) is 0 Å². The molecule has 0 aliphatic heterocycles. The Morgan fingerprint density at radius 3 is 2.95 bits per heavy atom. The van der Waals surface area contributed by atoms with E-state index in [1.54, 1.807) is 29.0 Å². The van der Waals surface area contributed by atoms with Crippen LogP contribution in [0.2, 0.25) is 4.34 Å². The monoisotopic (exact) mass is 313 g/mol. The number of thiophene rings is 1. The minimum atomic E-state index is -0.0845. The second kappa shape index (κ2) is 6.76. The Bertz CT molecular complexity index is 582. The molecule has 2 aromatic heterocycles. The van der Waals surface area contributed by atoms with Crippen LogP contribution in [-0.2, 0) is 17.9 Å². The molecule has 2 aromatic rings. The molecular weight excluding hydrogens is 298 g/mol. The first-order chi connectivity index (χ1) is 9.58. The van der Waals surface area contributed by atoms with Crippen LogP contribution in [0.15, 0.2) is 24.5 Å². The maximum Gasteiger partial charge on any atom is 0.260 e. The predicted octanol–water partition coefficient (Wildman–Crippen LogP) is 2.66. The number of likely N-dealkylation sites (N-methyl/N-ethyl adjacent to an activating group) is 1. The number of aromatic nitrogens is 2. The molecule has 0 saturated carbocycles. The standard InChI is InChI=1S/C13H16ClN3O2S/c1-3-17-7-10(6-15-17)19-9-13(18)16(2)8-11-4-5-12(14)20-11/h4-7H,3,8-9H2,1-2H3. The summed E-state index contributed by atoms with van der Waals surface area (Å²) >= 11 is 7.33. The number of rotatable bonds is 6. The Morgan fingerprint density at radius 1 is 1.55 bits per heavy atom. The Balaban J connectivity index is 1.81. The third-order valence-electron chi connectivity index (χ3n) is 2.74. The fourth-order valence-corrected chi connectivity index (χ4v) is 2.75. The summed E-state index contributed by atoms with van der Waals surface area (Å²) in [5.74, 6) is 0.520. The highest BCUT2D eigenvalue weighted by atomic mass is 35.5. The number of hydrogen-bond donors (Lipinski definition) is 0. The molecule has 20 heavy (non-hydrogen) atoms. The summed E-state index contributed by atoms with van der Waals surface area (Å²) < 4.78 is 7.89. The average molecular weight is 314 g/mol. The van der Waals surface area contributed by atoms with Crippen molar-refractivity contribution >= 4 is 28.8 Å². The molecule has 5 nitrogen and oxygen atoms in total. The van der Waals surface area contributed by atoms with Gasteiger partial charge in [0.25, 0.3) is 5.91 Å². The van der Waals surface area contributed by atoms with Gasteiger partial charge >= 0.3 is 0 Å². The molecule has 0 bridgehead atoms. The molecular formula is C13H16ClN3O2S. The van der Waals surface area contributed by atoms with Gasteiger partial charge in [-0.3, -0.25) is 9.48 Å². The van der Waals surface area contributed by atoms with Crippen LogP contribution < -0.4 is 4.74 Å². The highest BCUT2D eigenvalue weighted by molar-refractivity contribution is 7.16. The lowest BCUT2D eigenvalue weighted by Crippen LogP contribution is -2.30. The molecule has 0 aliphatic carbocycles. The third kappa shape index (κ3) is 3.98. The smallest absolute Gasteiger partial charge is 0.260 e. The average Bonchev–Trinajstić information content (AvgIpc) is 3.04. The number of hydrogen-bond acceptors (Lipinski definition) is 4. The molecule has 0 spiro atoms. The Kier molecular flexibility index (Phi) is 5.03. The molecule has 0 saturated heterocycles. The van der Waals surface area contributed by atoms with Crippen molar-refractivity contribution in [3.05, 3.63) is 33.7 Å². The summed E-state index contributed by atoms with van der Waals surface area (Å²) in [7, 11) is 1.74. The Labute approximate surface area is 126 Å². The van der Waals surface area contributed by atoms with E-state index in [0.29, 0.717) is 12.3 Å². The van der Waals surface area contributed by atoms with Gasteiger partial charge < -0.3 is 9.64 Å². The van der Waals surface area contributed by atoms with E-state index in [4.69, 9.17) is 16.3 Å². The van der Waals surface area contributed by atoms with E-state index in [9.17, 15) is 4.79 Å². The van der Waals surface area contributed by atoms with Gasteiger partial charge in [-0.2, -0.15) is 5.10 Å². The first-order valence-corrected chi connectivity index (χ1v) is 7.41. The van der Waals surface area contributed by atoms with Crippen molar-refractivity contribution in [2.75, 3.05) is 13.7 Å². The van der Waals surface area contributed by atoms with Crippen molar-refractivity contribution in [2.45, 2.75) is 20.0 Å². The molecule has 1 amide bonds. The molecule has 0 radical (unpaired) electrons. The fraction of sp³-hybridized carbons (Fsp3) is 0.385. The first kappa shape index (κ1) is 14.9. The quantitative estimate of drug-likeness (QED) is 0.823. The number of halogens is 1. The van der Waals surface area contributed by atoms with E-state index >= 15 is 0 Å². The normalized spacial score (nSPS) is 10.6. The van der Waals surface area contributed by atoms with Gasteiger partial charge in [-0.15, -0.1) is 11.3 Å². The lowest BCUT2D eigenvalue weighted by atomic mass is 10.4. The van der Waals surface area contributed by atoms with Crippen molar-refractivity contribution in [1.82, 2.24) is 14.7 Å². The number of carbonyl (C=O) groups is 1. The van der Waals surface area contributed by atoms with Crippen LogP contribution in [0.5, 0.6) is 5.75 Å². The first-order valence-electron chi connectivity index (χ1n) is 6.22. The van der Waals surface area contributed by atoms with Gasteiger partial charge in [-0.05, 0) is 19.1 Å². The van der Waals surface area contributed by atoms with Gasteiger partial charge in [0, 0.05) is 18.5 Å². The molecule has 0 fully saturated rings. The fourth-order valence-electron chi connectivity index (χ4n) is 1.61. The Morgan fingerprint density at radius 2 is 2.35 bits per heavy atom. The van der Waals surface area contributed by atoms with Gasteiger partial charge in [0.05, 0.1) is 23.3 Å². The van der Waals surface area contributed by atoms with E-state index in [1.165, 1.54) is 11.3 Å². The number of carbonyl (C=O) groups excluding carboxylic acids is 1. The maximum absolute atomic E-state index is 11.9. The second-order valence-corrected chi connectivity index (χ2v) is 6.08. The minimum absolute atomic E-state index is 0.00498. The summed E-state index contributed by atoms with van der Waals surface area (Å²) in [6.45, 7) is 3.30. The molecule has 7 heteroatoms. The highest BCUT2D eigenvalue weighted by Gasteiger charge is 2.12. The van der Waals surface area contributed by atoms with E-state index in [-0.39, 0.29) is 12.5 Å². The zero-order chi connectivity index (χ0) is 14.5. The van der Waals surface area contributed by atoms with Crippen molar-refractivity contribution < 1.29 is 9.53 Å². The van der Waals surface area contributed by atoms with Crippen molar-refractivity contribution in [2.24, 2.45) is 0 Å². The zero-order valence-electron chi connectivity index (χ0n) is 11.4. The van der Waals surface area contributed by atoms with E-state index in [1.807, 2.05) is 19.1 Å². The summed E-state index contributed by atoms with van der Waals surface area (Å²) in [4.78, 5) is 14.6. The number of amides is 1. The summed E-state index contributed by atoms with van der Waals surface area (Å²) in [5, 5.41) is 4.08. The van der Waals surface area contributed by atoms with Crippen molar-refractivity contribution in [3.63, 3.8) is 0 Å². The molecule has 0 unspecified atom stereocenters. The van der Waals surface area contributed by atoms with Crippen molar-refractivity contribution in [3.8, 4) is 5.75 Å². The third-order valence-corrected chi connectivity index (χ3v) is 3.96. The highest BCUT2D eigenvalue weighted by Crippen LogP contribution is 2.22. The van der Waals surface area contributed by atoms with E-state index in [0.717, 1.165) is 15.8 Å². The lowest BCUT2D eigenvalue weighted by Gasteiger charge is -2.16. The SMILES string of the molecule is CCn1cc(OCC(=O)N(C)Cc2ccc(Cl)s2)cn1. The van der Waals surface area contributed by atoms with E-state index in [2.05, 4.69) is 5.10 Å². The van der Waals surface area contributed by atoms with Gasteiger partial charge in [0.2, 0.25) is 0 Å². The number of ether oxygens (including phenoxy) is 1. The van der Waals surface area contributed by atoms with Crippen LogP contribution in [-0.4, -0.2) is 34.2 Å².